The Morgan fingerprint density at radius 2 is 2.05 bits per heavy atom. The van der Waals surface area contributed by atoms with Crippen molar-refractivity contribution in [3.8, 4) is 0 Å². The van der Waals surface area contributed by atoms with Gasteiger partial charge in [-0.1, -0.05) is 6.07 Å². The normalized spacial score (nSPS) is 14.9. The monoisotopic (exact) mass is 312 g/mol. The summed E-state index contributed by atoms with van der Waals surface area (Å²) in [6.07, 6.45) is 2.61. The van der Waals surface area contributed by atoms with E-state index in [1.165, 1.54) is 7.11 Å². The van der Waals surface area contributed by atoms with Gasteiger partial charge in [0.15, 0.2) is 0 Å². The van der Waals surface area contributed by atoms with Crippen LogP contribution >= 0.6 is 12.4 Å². The third-order valence-corrected chi connectivity index (χ3v) is 3.50. The molecule has 0 aromatic heterocycles. The van der Waals surface area contributed by atoms with Crippen LogP contribution in [-0.2, 0) is 9.53 Å². The fourth-order valence-electron chi connectivity index (χ4n) is 2.40. The fourth-order valence-corrected chi connectivity index (χ4v) is 2.40. The summed E-state index contributed by atoms with van der Waals surface area (Å²) in [6, 6.07) is 6.79. The molecule has 1 aromatic rings. The minimum atomic E-state index is -0.403. The van der Waals surface area contributed by atoms with E-state index in [1.54, 1.807) is 24.3 Å². The molecule has 1 aromatic carbocycles. The molecule has 2 rings (SSSR count). The lowest BCUT2D eigenvalue weighted by molar-refractivity contribution is -0.117. The number of rotatable bonds is 4. The first-order valence-electron chi connectivity index (χ1n) is 6.88. The summed E-state index contributed by atoms with van der Waals surface area (Å²) in [7, 11) is 1.34. The number of nitrogens with one attached hydrogen (secondary N) is 2. The summed E-state index contributed by atoms with van der Waals surface area (Å²) in [5.74, 6) is 0.0402. The average molecular weight is 313 g/mol. The minimum absolute atomic E-state index is 0. The van der Waals surface area contributed by atoms with Gasteiger partial charge in [0.2, 0.25) is 5.91 Å². The van der Waals surface area contributed by atoms with Crippen LogP contribution in [0.2, 0.25) is 0 Å². The number of amides is 1. The van der Waals surface area contributed by atoms with E-state index in [-0.39, 0.29) is 18.3 Å². The zero-order chi connectivity index (χ0) is 14.4. The number of esters is 1. The van der Waals surface area contributed by atoms with E-state index in [0.29, 0.717) is 23.6 Å². The number of halogens is 1. The standard InChI is InChI=1S/C15H20N2O3.ClH/c1-20-15(19)12-3-2-4-13(10-12)17-14(18)9-11-5-7-16-8-6-11;/h2-4,10-11,16H,5-9H2,1H3,(H,17,18);1H. The smallest absolute Gasteiger partial charge is 0.337 e. The molecule has 1 saturated heterocycles. The molecule has 1 heterocycles. The maximum Gasteiger partial charge on any atom is 0.337 e. The number of hydrogen-bond acceptors (Lipinski definition) is 4. The Bertz CT molecular complexity index is 488. The third-order valence-electron chi connectivity index (χ3n) is 3.50. The van der Waals surface area contributed by atoms with Crippen LogP contribution < -0.4 is 10.6 Å². The van der Waals surface area contributed by atoms with Crippen LogP contribution in [0, 0.1) is 5.92 Å². The Hall–Kier alpha value is -1.59. The Balaban J connectivity index is 0.00000220. The van der Waals surface area contributed by atoms with E-state index < -0.39 is 5.97 Å². The fraction of sp³-hybridized carbons (Fsp3) is 0.467. The van der Waals surface area contributed by atoms with Crippen LogP contribution in [0.15, 0.2) is 24.3 Å². The largest absolute Gasteiger partial charge is 0.465 e. The molecule has 0 unspecified atom stereocenters. The summed E-state index contributed by atoms with van der Waals surface area (Å²) in [5.41, 5.74) is 1.07. The predicted octanol–water partition coefficient (Wildman–Crippen LogP) is 2.22. The molecule has 1 aliphatic rings. The Morgan fingerprint density at radius 3 is 2.71 bits per heavy atom. The van der Waals surface area contributed by atoms with Crippen molar-refractivity contribution in [1.29, 1.82) is 0 Å². The molecule has 0 saturated carbocycles. The van der Waals surface area contributed by atoms with E-state index in [1.807, 2.05) is 0 Å². The highest BCUT2D eigenvalue weighted by atomic mass is 35.5. The number of methoxy groups -OCH3 is 1. The number of carbonyl (C=O) groups excluding carboxylic acids is 2. The van der Waals surface area contributed by atoms with E-state index in [2.05, 4.69) is 15.4 Å². The molecule has 6 heteroatoms. The van der Waals surface area contributed by atoms with E-state index in [4.69, 9.17) is 0 Å². The second-order valence-electron chi connectivity index (χ2n) is 5.02. The molecule has 1 amide bonds. The summed E-state index contributed by atoms with van der Waals surface area (Å²) in [4.78, 5) is 23.4. The van der Waals surface area contributed by atoms with Crippen molar-refractivity contribution < 1.29 is 14.3 Å². The van der Waals surface area contributed by atoms with Gasteiger partial charge >= 0.3 is 5.97 Å². The van der Waals surface area contributed by atoms with Crippen molar-refractivity contribution in [3.05, 3.63) is 29.8 Å². The highest BCUT2D eigenvalue weighted by Crippen LogP contribution is 2.18. The second kappa shape index (κ2) is 8.64. The molecule has 2 N–H and O–H groups in total. The van der Waals surface area contributed by atoms with Crippen LogP contribution in [0.25, 0.3) is 0 Å². The Morgan fingerprint density at radius 1 is 1.33 bits per heavy atom. The molecule has 1 fully saturated rings. The molecule has 0 aliphatic carbocycles. The van der Waals surface area contributed by atoms with Gasteiger partial charge in [0, 0.05) is 12.1 Å². The summed E-state index contributed by atoms with van der Waals surface area (Å²) in [5, 5.41) is 6.12. The second-order valence-corrected chi connectivity index (χ2v) is 5.02. The SMILES string of the molecule is COC(=O)c1cccc(NC(=O)CC2CCNCC2)c1.Cl. The summed E-state index contributed by atoms with van der Waals surface area (Å²) >= 11 is 0. The predicted molar refractivity (Wildman–Crippen MR) is 83.9 cm³/mol. The van der Waals surface area contributed by atoms with Crippen LogP contribution in [-0.4, -0.2) is 32.1 Å². The molecule has 0 spiro atoms. The van der Waals surface area contributed by atoms with Crippen molar-refractivity contribution in [1.82, 2.24) is 5.32 Å². The van der Waals surface area contributed by atoms with E-state index in [0.717, 1.165) is 25.9 Å². The van der Waals surface area contributed by atoms with Crippen LogP contribution in [0.1, 0.15) is 29.6 Å². The van der Waals surface area contributed by atoms with Gasteiger partial charge in [0.05, 0.1) is 12.7 Å². The lowest BCUT2D eigenvalue weighted by Crippen LogP contribution is -2.30. The van der Waals surface area contributed by atoms with E-state index in [9.17, 15) is 9.59 Å². The number of hydrogen-bond donors (Lipinski definition) is 2. The Kier molecular flexibility index (Phi) is 7.19. The average Bonchev–Trinajstić information content (AvgIpc) is 2.47. The first-order chi connectivity index (χ1) is 9.69. The molecule has 21 heavy (non-hydrogen) atoms. The summed E-state index contributed by atoms with van der Waals surface area (Å²) in [6.45, 7) is 1.96. The van der Waals surface area contributed by atoms with Crippen molar-refractivity contribution in [2.75, 3.05) is 25.5 Å². The Labute approximate surface area is 130 Å². The quantitative estimate of drug-likeness (QED) is 0.837. The van der Waals surface area contributed by atoms with Crippen molar-refractivity contribution >= 4 is 30.0 Å². The highest BCUT2D eigenvalue weighted by molar-refractivity contribution is 5.94. The number of carbonyl (C=O) groups is 2. The number of piperidine rings is 1. The molecule has 0 bridgehead atoms. The maximum atomic E-state index is 12.0. The van der Waals surface area contributed by atoms with Crippen LogP contribution in [0.3, 0.4) is 0 Å². The van der Waals surface area contributed by atoms with Gasteiger partial charge in [0.1, 0.15) is 0 Å². The van der Waals surface area contributed by atoms with Gasteiger partial charge in [-0.2, -0.15) is 0 Å². The molecular formula is C15H21ClN2O3. The molecule has 0 radical (unpaired) electrons. The zero-order valence-electron chi connectivity index (χ0n) is 12.1. The zero-order valence-corrected chi connectivity index (χ0v) is 12.9. The lowest BCUT2D eigenvalue weighted by Gasteiger charge is -2.21. The van der Waals surface area contributed by atoms with Gasteiger partial charge in [0.25, 0.3) is 0 Å². The van der Waals surface area contributed by atoms with Crippen LogP contribution in [0.5, 0.6) is 0 Å². The molecular weight excluding hydrogens is 292 g/mol. The van der Waals surface area contributed by atoms with Gasteiger partial charge in [-0.3, -0.25) is 4.79 Å². The van der Waals surface area contributed by atoms with Crippen molar-refractivity contribution in [2.45, 2.75) is 19.3 Å². The van der Waals surface area contributed by atoms with Gasteiger partial charge in [-0.25, -0.2) is 4.79 Å². The first-order valence-corrected chi connectivity index (χ1v) is 6.88. The van der Waals surface area contributed by atoms with Gasteiger partial charge in [-0.05, 0) is 50.0 Å². The molecule has 0 atom stereocenters. The van der Waals surface area contributed by atoms with Crippen molar-refractivity contribution in [3.63, 3.8) is 0 Å². The first kappa shape index (κ1) is 17.5. The number of ether oxygens (including phenoxy) is 1. The molecule has 5 nitrogen and oxygen atoms in total. The highest BCUT2D eigenvalue weighted by Gasteiger charge is 2.17. The van der Waals surface area contributed by atoms with Crippen LogP contribution in [0.4, 0.5) is 5.69 Å². The number of benzene rings is 1. The minimum Gasteiger partial charge on any atom is -0.465 e. The molecule has 1 aliphatic heterocycles. The molecule has 116 valence electrons. The van der Waals surface area contributed by atoms with Gasteiger partial charge in [-0.15, -0.1) is 12.4 Å². The van der Waals surface area contributed by atoms with E-state index >= 15 is 0 Å². The summed E-state index contributed by atoms with van der Waals surface area (Å²) < 4.78 is 4.66. The maximum absolute atomic E-state index is 12.0. The topological polar surface area (TPSA) is 67.4 Å². The number of anilines is 1. The lowest BCUT2D eigenvalue weighted by atomic mass is 9.94. The van der Waals surface area contributed by atoms with Gasteiger partial charge < -0.3 is 15.4 Å². The van der Waals surface area contributed by atoms with Crippen molar-refractivity contribution in [2.24, 2.45) is 5.92 Å². The third kappa shape index (κ3) is 5.36.